The molecule has 4 heteroatoms. The molecule has 0 bridgehead atoms. The predicted octanol–water partition coefficient (Wildman–Crippen LogP) is 1.12. The van der Waals surface area contributed by atoms with Gasteiger partial charge in [0, 0.05) is 13.2 Å². The molecule has 0 heterocycles. The van der Waals surface area contributed by atoms with E-state index in [-0.39, 0.29) is 19.2 Å². The van der Waals surface area contributed by atoms with E-state index in [1.165, 1.54) is 0 Å². The van der Waals surface area contributed by atoms with Gasteiger partial charge in [0.05, 0.1) is 6.61 Å². The molecule has 0 aromatic heterocycles. The molecule has 0 aromatic carbocycles. The molecule has 1 N–H and O–H groups in total. The monoisotopic (exact) mass is 204 g/mol. The molecule has 0 aliphatic rings. The Morgan fingerprint density at radius 3 is 2.64 bits per heavy atom. The average molecular weight is 204 g/mol. The number of hydrogen-bond donors (Lipinski definition) is 1. The first-order valence-corrected chi connectivity index (χ1v) is 5.15. The van der Waals surface area contributed by atoms with E-state index in [0.29, 0.717) is 19.6 Å². The number of ether oxygens (including phenoxy) is 2. The topological polar surface area (TPSA) is 55.8 Å². The lowest BCUT2D eigenvalue weighted by atomic mass is 10.3. The summed E-state index contributed by atoms with van der Waals surface area (Å²) in [5.41, 5.74) is 0. The van der Waals surface area contributed by atoms with Gasteiger partial charge >= 0.3 is 5.97 Å². The average Bonchev–Trinajstić information content (AvgIpc) is 2.18. The Morgan fingerprint density at radius 2 is 2.00 bits per heavy atom. The molecule has 0 amide bonds. The van der Waals surface area contributed by atoms with Gasteiger partial charge in [-0.1, -0.05) is 13.3 Å². The minimum Gasteiger partial charge on any atom is -0.464 e. The largest absolute Gasteiger partial charge is 0.464 e. The SMILES string of the molecule is CCCCOC(=O)COCCCCO. The van der Waals surface area contributed by atoms with Crippen LogP contribution in [-0.4, -0.2) is 37.5 Å². The maximum absolute atomic E-state index is 11.0. The van der Waals surface area contributed by atoms with E-state index in [2.05, 4.69) is 0 Å². The third kappa shape index (κ3) is 9.48. The normalized spacial score (nSPS) is 10.1. The maximum atomic E-state index is 11.0. The van der Waals surface area contributed by atoms with Crippen LogP contribution in [0.3, 0.4) is 0 Å². The molecule has 0 aliphatic carbocycles. The highest BCUT2D eigenvalue weighted by atomic mass is 16.6. The zero-order valence-electron chi connectivity index (χ0n) is 8.83. The van der Waals surface area contributed by atoms with Crippen LogP contribution in [0.5, 0.6) is 0 Å². The van der Waals surface area contributed by atoms with Crippen molar-refractivity contribution in [3.8, 4) is 0 Å². The van der Waals surface area contributed by atoms with Gasteiger partial charge in [0.15, 0.2) is 0 Å². The predicted molar refractivity (Wildman–Crippen MR) is 53.0 cm³/mol. The van der Waals surface area contributed by atoms with Crippen molar-refractivity contribution in [3.05, 3.63) is 0 Å². The molecular weight excluding hydrogens is 184 g/mol. The Labute approximate surface area is 85.2 Å². The van der Waals surface area contributed by atoms with Gasteiger partial charge in [-0.2, -0.15) is 0 Å². The highest BCUT2D eigenvalue weighted by Gasteiger charge is 2.01. The number of esters is 1. The molecule has 0 atom stereocenters. The van der Waals surface area contributed by atoms with Crippen molar-refractivity contribution in [2.45, 2.75) is 32.6 Å². The van der Waals surface area contributed by atoms with Gasteiger partial charge in [-0.25, -0.2) is 4.79 Å². The van der Waals surface area contributed by atoms with Crippen molar-refractivity contribution in [3.63, 3.8) is 0 Å². The molecule has 0 spiro atoms. The minimum absolute atomic E-state index is 0.0230. The summed E-state index contributed by atoms with van der Waals surface area (Å²) in [7, 11) is 0. The Balaban J connectivity index is 3.10. The quantitative estimate of drug-likeness (QED) is 0.451. The van der Waals surface area contributed by atoms with Crippen molar-refractivity contribution in [1.29, 1.82) is 0 Å². The second-order valence-corrected chi connectivity index (χ2v) is 3.06. The molecule has 84 valence electrons. The van der Waals surface area contributed by atoms with Crippen LogP contribution >= 0.6 is 0 Å². The number of aliphatic hydroxyl groups is 1. The maximum Gasteiger partial charge on any atom is 0.332 e. The Hall–Kier alpha value is -0.610. The summed E-state index contributed by atoms with van der Waals surface area (Å²) in [6.07, 6.45) is 3.41. The zero-order chi connectivity index (χ0) is 10.6. The van der Waals surface area contributed by atoms with E-state index < -0.39 is 0 Å². The second-order valence-electron chi connectivity index (χ2n) is 3.06. The number of rotatable bonds is 9. The third-order valence-corrected chi connectivity index (χ3v) is 1.68. The van der Waals surface area contributed by atoms with Crippen molar-refractivity contribution in [2.75, 3.05) is 26.4 Å². The Morgan fingerprint density at radius 1 is 1.21 bits per heavy atom. The van der Waals surface area contributed by atoms with Crippen molar-refractivity contribution in [1.82, 2.24) is 0 Å². The van der Waals surface area contributed by atoms with Gasteiger partial charge in [0.1, 0.15) is 6.61 Å². The van der Waals surface area contributed by atoms with E-state index >= 15 is 0 Å². The fraction of sp³-hybridized carbons (Fsp3) is 0.900. The number of aliphatic hydroxyl groups excluding tert-OH is 1. The number of carbonyl (C=O) groups excluding carboxylic acids is 1. The first-order chi connectivity index (χ1) is 6.81. The van der Waals surface area contributed by atoms with Crippen LogP contribution in [0, 0.1) is 0 Å². The third-order valence-electron chi connectivity index (χ3n) is 1.68. The fourth-order valence-corrected chi connectivity index (χ4v) is 0.843. The molecule has 14 heavy (non-hydrogen) atoms. The van der Waals surface area contributed by atoms with E-state index in [4.69, 9.17) is 14.6 Å². The highest BCUT2D eigenvalue weighted by molar-refractivity contribution is 5.70. The van der Waals surface area contributed by atoms with Crippen molar-refractivity contribution in [2.24, 2.45) is 0 Å². The number of unbranched alkanes of at least 4 members (excludes halogenated alkanes) is 2. The van der Waals surface area contributed by atoms with Gasteiger partial charge in [0.25, 0.3) is 0 Å². The highest BCUT2D eigenvalue weighted by Crippen LogP contribution is 1.91. The summed E-state index contributed by atoms with van der Waals surface area (Å²) in [5.74, 6) is -0.303. The second kappa shape index (κ2) is 10.5. The molecule has 0 saturated carbocycles. The van der Waals surface area contributed by atoms with Crippen molar-refractivity contribution < 1.29 is 19.4 Å². The molecule has 4 nitrogen and oxygen atoms in total. The molecule has 0 unspecified atom stereocenters. The zero-order valence-corrected chi connectivity index (χ0v) is 8.83. The molecule has 0 rings (SSSR count). The lowest BCUT2D eigenvalue weighted by molar-refractivity contribution is -0.149. The first kappa shape index (κ1) is 13.4. The van der Waals surface area contributed by atoms with E-state index in [9.17, 15) is 4.79 Å². The minimum atomic E-state index is -0.303. The Bertz CT molecular complexity index is 136. The van der Waals surface area contributed by atoms with Crippen LogP contribution < -0.4 is 0 Å². The number of hydrogen-bond acceptors (Lipinski definition) is 4. The molecule has 0 radical (unpaired) electrons. The number of carbonyl (C=O) groups is 1. The summed E-state index contributed by atoms with van der Waals surface area (Å²) >= 11 is 0. The van der Waals surface area contributed by atoms with Crippen LogP contribution in [-0.2, 0) is 14.3 Å². The Kier molecular flexibility index (Phi) is 10.0. The van der Waals surface area contributed by atoms with Crippen LogP contribution in [0.4, 0.5) is 0 Å². The molecule has 0 aliphatic heterocycles. The van der Waals surface area contributed by atoms with Gasteiger partial charge in [-0.3, -0.25) is 0 Å². The molecular formula is C10H20O4. The van der Waals surface area contributed by atoms with Gasteiger partial charge in [-0.05, 0) is 19.3 Å². The molecule has 0 saturated heterocycles. The molecule has 0 aromatic rings. The molecule has 0 fully saturated rings. The summed E-state index contributed by atoms with van der Waals surface area (Å²) < 4.78 is 9.92. The summed E-state index contributed by atoms with van der Waals surface area (Å²) in [5, 5.41) is 8.47. The summed E-state index contributed by atoms with van der Waals surface area (Å²) in [4.78, 5) is 11.0. The standard InChI is InChI=1S/C10H20O4/c1-2-3-8-14-10(12)9-13-7-5-4-6-11/h11H,2-9H2,1H3. The van der Waals surface area contributed by atoms with Crippen LogP contribution in [0.15, 0.2) is 0 Å². The smallest absolute Gasteiger partial charge is 0.332 e. The lowest BCUT2D eigenvalue weighted by Gasteiger charge is -2.04. The van der Waals surface area contributed by atoms with E-state index in [1.54, 1.807) is 0 Å². The van der Waals surface area contributed by atoms with Gasteiger partial charge in [0.2, 0.25) is 0 Å². The van der Waals surface area contributed by atoms with E-state index in [1.807, 2.05) is 6.92 Å². The van der Waals surface area contributed by atoms with Crippen LogP contribution in [0.2, 0.25) is 0 Å². The van der Waals surface area contributed by atoms with Crippen LogP contribution in [0.25, 0.3) is 0 Å². The van der Waals surface area contributed by atoms with Gasteiger partial charge < -0.3 is 14.6 Å². The lowest BCUT2D eigenvalue weighted by Crippen LogP contribution is -2.14. The first-order valence-electron chi connectivity index (χ1n) is 5.15. The van der Waals surface area contributed by atoms with E-state index in [0.717, 1.165) is 19.3 Å². The van der Waals surface area contributed by atoms with Gasteiger partial charge in [-0.15, -0.1) is 0 Å². The summed E-state index contributed by atoms with van der Waals surface area (Å²) in [6, 6.07) is 0. The summed E-state index contributed by atoms with van der Waals surface area (Å²) in [6.45, 7) is 3.22. The fourth-order valence-electron chi connectivity index (χ4n) is 0.843. The van der Waals surface area contributed by atoms with Crippen molar-refractivity contribution >= 4 is 5.97 Å². The van der Waals surface area contributed by atoms with Crippen LogP contribution in [0.1, 0.15) is 32.6 Å².